The SMILES string of the molecule is CN=C(NCCN(C(C)C)C(C)C)NCc1ccc(NC(=O)NC(C)C)cc1. The summed E-state index contributed by atoms with van der Waals surface area (Å²) in [5.74, 6) is 0.783. The lowest BCUT2D eigenvalue weighted by molar-refractivity contribution is 0.178. The van der Waals surface area contributed by atoms with Gasteiger partial charge in [-0.1, -0.05) is 12.1 Å². The van der Waals surface area contributed by atoms with Crippen LogP contribution in [0.15, 0.2) is 29.3 Å². The van der Waals surface area contributed by atoms with Crippen LogP contribution >= 0.6 is 0 Å². The number of aliphatic imine (C=N–C) groups is 1. The van der Waals surface area contributed by atoms with Crippen molar-refractivity contribution in [1.29, 1.82) is 0 Å². The minimum absolute atomic E-state index is 0.107. The zero-order valence-electron chi connectivity index (χ0n) is 18.5. The number of amides is 2. The molecule has 4 N–H and O–H groups in total. The highest BCUT2D eigenvalue weighted by atomic mass is 16.2. The Morgan fingerprint density at radius 3 is 2.11 bits per heavy atom. The number of guanidine groups is 1. The van der Waals surface area contributed by atoms with Crippen LogP contribution in [-0.2, 0) is 6.54 Å². The molecule has 0 saturated heterocycles. The topological polar surface area (TPSA) is 80.8 Å². The Morgan fingerprint density at radius 1 is 1.00 bits per heavy atom. The van der Waals surface area contributed by atoms with E-state index in [1.54, 1.807) is 7.05 Å². The zero-order valence-corrected chi connectivity index (χ0v) is 18.5. The number of benzene rings is 1. The molecule has 0 atom stereocenters. The summed E-state index contributed by atoms with van der Waals surface area (Å²) >= 11 is 0. The Bertz CT molecular complexity index is 602. The lowest BCUT2D eigenvalue weighted by Gasteiger charge is -2.30. The van der Waals surface area contributed by atoms with Gasteiger partial charge in [0.15, 0.2) is 5.96 Å². The molecule has 0 aromatic heterocycles. The van der Waals surface area contributed by atoms with Crippen molar-refractivity contribution in [1.82, 2.24) is 20.9 Å². The van der Waals surface area contributed by atoms with Gasteiger partial charge in [0.05, 0.1) is 0 Å². The average molecular weight is 391 g/mol. The van der Waals surface area contributed by atoms with Crippen molar-refractivity contribution >= 4 is 17.7 Å². The first kappa shape index (κ1) is 23.8. The maximum atomic E-state index is 11.7. The van der Waals surface area contributed by atoms with E-state index in [9.17, 15) is 4.79 Å². The predicted molar refractivity (Wildman–Crippen MR) is 119 cm³/mol. The second-order valence-electron chi connectivity index (χ2n) is 7.73. The normalized spacial score (nSPS) is 12.0. The molecule has 0 unspecified atom stereocenters. The smallest absolute Gasteiger partial charge is 0.319 e. The number of anilines is 1. The summed E-state index contributed by atoms with van der Waals surface area (Å²) in [5.41, 5.74) is 1.88. The van der Waals surface area contributed by atoms with E-state index in [2.05, 4.69) is 58.9 Å². The first-order chi connectivity index (χ1) is 13.2. The summed E-state index contributed by atoms with van der Waals surface area (Å²) in [6.07, 6.45) is 0. The number of nitrogens with one attached hydrogen (secondary N) is 4. The fourth-order valence-corrected chi connectivity index (χ4v) is 2.96. The van der Waals surface area contributed by atoms with E-state index >= 15 is 0 Å². The molecule has 0 aliphatic carbocycles. The van der Waals surface area contributed by atoms with Crippen molar-refractivity contribution in [2.75, 3.05) is 25.5 Å². The standard InChI is InChI=1S/C21H38N6O/c1-15(2)25-21(28)26-19-10-8-18(9-11-19)14-24-20(22-7)23-12-13-27(16(3)4)17(5)6/h8-11,15-17H,12-14H2,1-7H3,(H2,22,23,24)(H2,25,26,28). The van der Waals surface area contributed by atoms with Crippen molar-refractivity contribution < 1.29 is 4.79 Å². The molecule has 0 aliphatic heterocycles. The molecule has 1 aromatic rings. The van der Waals surface area contributed by atoms with E-state index in [4.69, 9.17) is 0 Å². The number of urea groups is 1. The highest BCUT2D eigenvalue weighted by Crippen LogP contribution is 2.09. The largest absolute Gasteiger partial charge is 0.355 e. The van der Waals surface area contributed by atoms with Crippen LogP contribution in [0.2, 0.25) is 0 Å². The maximum Gasteiger partial charge on any atom is 0.319 e. The third-order valence-corrected chi connectivity index (χ3v) is 4.30. The van der Waals surface area contributed by atoms with Crippen molar-refractivity contribution in [3.63, 3.8) is 0 Å². The fourth-order valence-electron chi connectivity index (χ4n) is 2.96. The Morgan fingerprint density at radius 2 is 1.61 bits per heavy atom. The second-order valence-corrected chi connectivity index (χ2v) is 7.73. The molecule has 28 heavy (non-hydrogen) atoms. The average Bonchev–Trinajstić information content (AvgIpc) is 2.61. The van der Waals surface area contributed by atoms with E-state index in [1.165, 1.54) is 0 Å². The van der Waals surface area contributed by atoms with E-state index in [1.807, 2.05) is 38.1 Å². The molecule has 0 saturated carbocycles. The van der Waals surface area contributed by atoms with Gasteiger partial charge in [-0.3, -0.25) is 9.89 Å². The van der Waals surface area contributed by atoms with Crippen LogP contribution in [0.3, 0.4) is 0 Å². The number of carbonyl (C=O) groups excluding carboxylic acids is 1. The Balaban J connectivity index is 2.44. The van der Waals surface area contributed by atoms with E-state index < -0.39 is 0 Å². The molecule has 0 spiro atoms. The number of nitrogens with zero attached hydrogens (tertiary/aromatic N) is 2. The van der Waals surface area contributed by atoms with Crippen molar-refractivity contribution in [3.05, 3.63) is 29.8 Å². The monoisotopic (exact) mass is 390 g/mol. The molecule has 7 nitrogen and oxygen atoms in total. The molecule has 158 valence electrons. The van der Waals surface area contributed by atoms with Crippen molar-refractivity contribution in [3.8, 4) is 0 Å². The number of rotatable bonds is 9. The van der Waals surface area contributed by atoms with Crippen LogP contribution in [0, 0.1) is 0 Å². The van der Waals surface area contributed by atoms with E-state index in [-0.39, 0.29) is 12.1 Å². The third-order valence-electron chi connectivity index (χ3n) is 4.30. The molecule has 0 radical (unpaired) electrons. The summed E-state index contributed by atoms with van der Waals surface area (Å²) in [6.45, 7) is 15.2. The zero-order chi connectivity index (χ0) is 21.1. The van der Waals surface area contributed by atoms with Crippen LogP contribution in [-0.4, -0.2) is 55.2 Å². The van der Waals surface area contributed by atoms with Gasteiger partial charge in [-0.2, -0.15) is 0 Å². The summed E-state index contributed by atoms with van der Waals surface area (Å²) in [6, 6.07) is 8.73. The quantitative estimate of drug-likeness (QED) is 0.386. The van der Waals surface area contributed by atoms with Crippen LogP contribution in [0.5, 0.6) is 0 Å². The Kier molecular flexibility index (Phi) is 10.4. The lowest BCUT2D eigenvalue weighted by atomic mass is 10.2. The van der Waals surface area contributed by atoms with Gasteiger partial charge in [0.1, 0.15) is 0 Å². The first-order valence-corrected chi connectivity index (χ1v) is 10.1. The van der Waals surface area contributed by atoms with Gasteiger partial charge in [0.25, 0.3) is 0 Å². The summed E-state index contributed by atoms with van der Waals surface area (Å²) in [4.78, 5) is 18.5. The summed E-state index contributed by atoms with van der Waals surface area (Å²) < 4.78 is 0. The van der Waals surface area contributed by atoms with E-state index in [0.717, 1.165) is 30.3 Å². The van der Waals surface area contributed by atoms with Crippen LogP contribution in [0.4, 0.5) is 10.5 Å². The van der Waals surface area contributed by atoms with Gasteiger partial charge in [-0.05, 0) is 59.2 Å². The molecule has 0 heterocycles. The van der Waals surface area contributed by atoms with Gasteiger partial charge in [0.2, 0.25) is 0 Å². The molecular formula is C21H38N6O. The van der Waals surface area contributed by atoms with Crippen molar-refractivity contribution in [2.24, 2.45) is 4.99 Å². The van der Waals surface area contributed by atoms with Crippen LogP contribution < -0.4 is 21.3 Å². The second kappa shape index (κ2) is 12.2. The summed E-state index contributed by atoms with van der Waals surface area (Å²) in [5, 5.41) is 12.3. The van der Waals surface area contributed by atoms with Crippen molar-refractivity contribution in [2.45, 2.75) is 66.2 Å². The third kappa shape index (κ3) is 9.08. The van der Waals surface area contributed by atoms with Gasteiger partial charge < -0.3 is 21.3 Å². The fraction of sp³-hybridized carbons (Fsp3) is 0.619. The molecule has 1 aromatic carbocycles. The molecular weight excluding hydrogens is 352 g/mol. The lowest BCUT2D eigenvalue weighted by Crippen LogP contribution is -2.45. The molecule has 0 bridgehead atoms. The number of hydrogen-bond acceptors (Lipinski definition) is 3. The highest BCUT2D eigenvalue weighted by Gasteiger charge is 2.12. The first-order valence-electron chi connectivity index (χ1n) is 10.1. The molecule has 2 amide bonds. The molecule has 7 heteroatoms. The van der Waals surface area contributed by atoms with Gasteiger partial charge in [-0.15, -0.1) is 0 Å². The van der Waals surface area contributed by atoms with Gasteiger partial charge >= 0.3 is 6.03 Å². The molecule has 1 rings (SSSR count). The van der Waals surface area contributed by atoms with Gasteiger partial charge in [-0.25, -0.2) is 4.79 Å². The Labute approximate surface area is 170 Å². The van der Waals surface area contributed by atoms with Crippen LogP contribution in [0.1, 0.15) is 47.1 Å². The highest BCUT2D eigenvalue weighted by molar-refractivity contribution is 5.89. The van der Waals surface area contributed by atoms with Crippen LogP contribution in [0.25, 0.3) is 0 Å². The maximum absolute atomic E-state index is 11.7. The number of hydrogen-bond donors (Lipinski definition) is 4. The minimum atomic E-state index is -0.192. The predicted octanol–water partition coefficient (Wildman–Crippen LogP) is 3.00. The number of carbonyl (C=O) groups is 1. The van der Waals surface area contributed by atoms with Gasteiger partial charge in [0, 0.05) is 50.5 Å². The molecule has 0 aliphatic rings. The Hall–Kier alpha value is -2.28. The summed E-state index contributed by atoms with van der Waals surface area (Å²) in [7, 11) is 1.78. The van der Waals surface area contributed by atoms with E-state index in [0.29, 0.717) is 18.6 Å². The minimum Gasteiger partial charge on any atom is -0.355 e. The molecule has 0 fully saturated rings.